The predicted octanol–water partition coefficient (Wildman–Crippen LogP) is 4.41. The first kappa shape index (κ1) is 12.3. The number of para-hydroxylation sites is 1. The number of benzene rings is 2. The van der Waals surface area contributed by atoms with Crippen LogP contribution < -0.4 is 0 Å². The molecule has 2 nitrogen and oxygen atoms in total. The maximum atomic E-state index is 13.5. The van der Waals surface area contributed by atoms with Crippen LogP contribution in [0.3, 0.4) is 0 Å². The number of furan rings is 1. The van der Waals surface area contributed by atoms with E-state index >= 15 is 0 Å². The molecule has 0 bridgehead atoms. The largest absolute Gasteiger partial charge is 0.449 e. The van der Waals surface area contributed by atoms with Gasteiger partial charge in [-0.3, -0.25) is 4.79 Å². The van der Waals surface area contributed by atoms with Crippen molar-refractivity contribution >= 4 is 39.3 Å². The molecule has 0 aliphatic carbocycles. The summed E-state index contributed by atoms with van der Waals surface area (Å²) in [6, 6.07) is 13.3. The first-order valence-electron chi connectivity index (χ1n) is 5.63. The van der Waals surface area contributed by atoms with Crippen LogP contribution in [-0.4, -0.2) is 5.78 Å². The van der Waals surface area contributed by atoms with Crippen molar-refractivity contribution in [3.63, 3.8) is 0 Å². The number of fused-ring (bicyclic) bond motifs is 1. The Morgan fingerprint density at radius 3 is 2.53 bits per heavy atom. The highest BCUT2D eigenvalue weighted by Gasteiger charge is 2.16. The van der Waals surface area contributed by atoms with Crippen molar-refractivity contribution in [2.45, 2.75) is 0 Å². The monoisotopic (exact) mass is 366 g/mol. The molecule has 0 aliphatic rings. The molecule has 3 rings (SSSR count). The van der Waals surface area contributed by atoms with Crippen molar-refractivity contribution in [1.82, 2.24) is 0 Å². The number of hydrogen-bond donors (Lipinski definition) is 0. The highest BCUT2D eigenvalue weighted by molar-refractivity contribution is 14.1. The Labute approximate surface area is 122 Å². The second-order valence-corrected chi connectivity index (χ2v) is 5.35. The molecule has 1 heterocycles. The van der Waals surface area contributed by atoms with Gasteiger partial charge in [-0.05, 0) is 59.0 Å². The number of halogens is 2. The molecule has 0 unspecified atom stereocenters. The average Bonchev–Trinajstić information content (AvgIpc) is 2.84. The Balaban J connectivity index is 2.06. The molecule has 94 valence electrons. The summed E-state index contributed by atoms with van der Waals surface area (Å²) in [4.78, 5) is 12.2. The highest BCUT2D eigenvalue weighted by atomic mass is 127. The van der Waals surface area contributed by atoms with E-state index in [1.165, 1.54) is 6.07 Å². The van der Waals surface area contributed by atoms with Gasteiger partial charge in [0, 0.05) is 14.5 Å². The third-order valence-corrected chi connectivity index (χ3v) is 3.55. The standard InChI is InChI=1S/C15H8FIO2/c16-12-3-1-2-10-8-13(19-15(10)12)14(18)9-4-6-11(17)7-5-9/h1-8H. The fourth-order valence-corrected chi connectivity index (χ4v) is 2.24. The number of carbonyl (C=O) groups excluding carboxylic acids is 1. The minimum Gasteiger partial charge on any atom is -0.449 e. The second kappa shape index (κ2) is 4.77. The van der Waals surface area contributed by atoms with Crippen LogP contribution in [0.15, 0.2) is 52.9 Å². The van der Waals surface area contributed by atoms with Crippen LogP contribution >= 0.6 is 22.6 Å². The summed E-state index contributed by atoms with van der Waals surface area (Å²) in [7, 11) is 0. The van der Waals surface area contributed by atoms with Gasteiger partial charge in [-0.2, -0.15) is 0 Å². The van der Waals surface area contributed by atoms with E-state index in [-0.39, 0.29) is 17.1 Å². The zero-order valence-corrected chi connectivity index (χ0v) is 11.8. The van der Waals surface area contributed by atoms with Crippen molar-refractivity contribution < 1.29 is 13.6 Å². The molecule has 0 spiro atoms. The summed E-state index contributed by atoms with van der Waals surface area (Å²) in [6.07, 6.45) is 0. The molecule has 19 heavy (non-hydrogen) atoms. The van der Waals surface area contributed by atoms with E-state index in [2.05, 4.69) is 22.6 Å². The third kappa shape index (κ3) is 2.28. The molecule has 0 radical (unpaired) electrons. The van der Waals surface area contributed by atoms with Gasteiger partial charge >= 0.3 is 0 Å². The van der Waals surface area contributed by atoms with Gasteiger partial charge in [0.05, 0.1) is 0 Å². The molecule has 4 heteroatoms. The average molecular weight is 366 g/mol. The van der Waals surface area contributed by atoms with Gasteiger partial charge in [0.15, 0.2) is 17.2 Å². The van der Waals surface area contributed by atoms with E-state index in [4.69, 9.17) is 4.42 Å². The Kier molecular flexibility index (Phi) is 3.10. The minimum atomic E-state index is -0.459. The summed E-state index contributed by atoms with van der Waals surface area (Å²) in [5.74, 6) is -0.549. The molecule has 0 aliphatic heterocycles. The predicted molar refractivity (Wildman–Crippen MR) is 78.8 cm³/mol. The first-order valence-corrected chi connectivity index (χ1v) is 6.71. The quantitative estimate of drug-likeness (QED) is 0.497. The number of carbonyl (C=O) groups is 1. The van der Waals surface area contributed by atoms with E-state index in [1.807, 2.05) is 12.1 Å². The summed E-state index contributed by atoms with van der Waals surface area (Å²) >= 11 is 2.17. The van der Waals surface area contributed by atoms with E-state index in [1.54, 1.807) is 30.3 Å². The van der Waals surface area contributed by atoms with Crippen molar-refractivity contribution in [3.8, 4) is 0 Å². The number of ketones is 1. The van der Waals surface area contributed by atoms with Crippen LogP contribution in [0.1, 0.15) is 16.1 Å². The first-order chi connectivity index (χ1) is 9.15. The maximum Gasteiger partial charge on any atom is 0.228 e. The van der Waals surface area contributed by atoms with Crippen molar-refractivity contribution in [3.05, 3.63) is 69.2 Å². The van der Waals surface area contributed by atoms with Gasteiger partial charge in [0.2, 0.25) is 5.78 Å². The summed E-state index contributed by atoms with van der Waals surface area (Å²) in [5, 5.41) is 0.592. The Morgan fingerprint density at radius 2 is 1.84 bits per heavy atom. The van der Waals surface area contributed by atoms with Crippen LogP contribution in [-0.2, 0) is 0 Å². The Bertz CT molecular complexity index is 759. The zero-order chi connectivity index (χ0) is 13.4. The molecule has 0 fully saturated rings. The van der Waals surface area contributed by atoms with Crippen molar-refractivity contribution in [2.75, 3.05) is 0 Å². The normalized spacial score (nSPS) is 10.8. The lowest BCUT2D eigenvalue weighted by Gasteiger charge is -1.97. The van der Waals surface area contributed by atoms with Gasteiger partial charge in [-0.25, -0.2) is 4.39 Å². The summed E-state index contributed by atoms with van der Waals surface area (Å²) in [6.45, 7) is 0. The van der Waals surface area contributed by atoms with E-state index in [0.717, 1.165) is 3.57 Å². The molecular formula is C15H8FIO2. The van der Waals surface area contributed by atoms with Crippen LogP contribution in [0.25, 0.3) is 11.0 Å². The second-order valence-electron chi connectivity index (χ2n) is 4.10. The zero-order valence-electron chi connectivity index (χ0n) is 9.69. The maximum absolute atomic E-state index is 13.5. The highest BCUT2D eigenvalue weighted by Crippen LogP contribution is 2.24. The Hall–Kier alpha value is -1.69. The van der Waals surface area contributed by atoms with E-state index in [0.29, 0.717) is 10.9 Å². The third-order valence-electron chi connectivity index (χ3n) is 2.83. The molecule has 0 amide bonds. The fraction of sp³-hybridized carbons (Fsp3) is 0. The number of hydrogen-bond acceptors (Lipinski definition) is 2. The SMILES string of the molecule is O=C(c1ccc(I)cc1)c1cc2cccc(F)c2o1. The molecule has 3 aromatic rings. The lowest BCUT2D eigenvalue weighted by atomic mass is 10.1. The van der Waals surface area contributed by atoms with Crippen LogP contribution in [0.4, 0.5) is 4.39 Å². The van der Waals surface area contributed by atoms with Crippen LogP contribution in [0, 0.1) is 9.39 Å². The summed E-state index contributed by atoms with van der Waals surface area (Å²) < 4.78 is 19.9. The van der Waals surface area contributed by atoms with Crippen LogP contribution in [0.5, 0.6) is 0 Å². The molecule has 0 atom stereocenters. The molecule has 0 saturated carbocycles. The lowest BCUT2D eigenvalue weighted by molar-refractivity contribution is 0.101. The van der Waals surface area contributed by atoms with Crippen molar-refractivity contribution in [1.29, 1.82) is 0 Å². The van der Waals surface area contributed by atoms with Crippen LogP contribution in [0.2, 0.25) is 0 Å². The molecule has 0 N–H and O–H groups in total. The summed E-state index contributed by atoms with van der Waals surface area (Å²) in [5.41, 5.74) is 0.649. The van der Waals surface area contributed by atoms with Gasteiger partial charge in [0.25, 0.3) is 0 Å². The topological polar surface area (TPSA) is 30.2 Å². The molecule has 2 aromatic carbocycles. The van der Waals surface area contributed by atoms with Gasteiger partial charge in [-0.15, -0.1) is 0 Å². The lowest BCUT2D eigenvalue weighted by Crippen LogP contribution is -1.98. The van der Waals surface area contributed by atoms with E-state index in [9.17, 15) is 9.18 Å². The molecule has 1 aromatic heterocycles. The van der Waals surface area contributed by atoms with Gasteiger partial charge in [-0.1, -0.05) is 12.1 Å². The molecule has 0 saturated heterocycles. The number of rotatable bonds is 2. The fourth-order valence-electron chi connectivity index (χ4n) is 1.88. The molecular weight excluding hydrogens is 358 g/mol. The smallest absolute Gasteiger partial charge is 0.228 e. The van der Waals surface area contributed by atoms with Gasteiger partial charge in [0.1, 0.15) is 0 Å². The Morgan fingerprint density at radius 1 is 1.11 bits per heavy atom. The van der Waals surface area contributed by atoms with Crippen molar-refractivity contribution in [2.24, 2.45) is 0 Å². The minimum absolute atomic E-state index is 0.122. The van der Waals surface area contributed by atoms with Gasteiger partial charge < -0.3 is 4.42 Å². The van der Waals surface area contributed by atoms with E-state index < -0.39 is 5.82 Å².